The molecule has 182 valence electrons. The molecule has 1 aliphatic rings. The molecule has 8 nitrogen and oxygen atoms in total. The summed E-state index contributed by atoms with van der Waals surface area (Å²) in [5.74, 6) is -1.09. The van der Waals surface area contributed by atoms with Crippen LogP contribution in [-0.4, -0.2) is 48.6 Å². The van der Waals surface area contributed by atoms with Gasteiger partial charge in [0.1, 0.15) is 17.8 Å². The third-order valence-electron chi connectivity index (χ3n) is 5.71. The quantitative estimate of drug-likeness (QED) is 0.434. The number of aliphatic hydroxyl groups excluding tert-OH is 1. The molecule has 1 heterocycles. The van der Waals surface area contributed by atoms with Gasteiger partial charge in [0.25, 0.3) is 0 Å². The number of thioether (sulfide) groups is 1. The molecule has 1 aliphatic heterocycles. The topological polar surface area (TPSA) is 117 Å². The number of benzene rings is 2. The van der Waals surface area contributed by atoms with Crippen LogP contribution in [0, 0.1) is 5.92 Å². The summed E-state index contributed by atoms with van der Waals surface area (Å²) < 4.78 is 5.25. The van der Waals surface area contributed by atoms with Crippen LogP contribution < -0.4 is 20.7 Å². The maximum atomic E-state index is 13.2. The van der Waals surface area contributed by atoms with Gasteiger partial charge in [-0.3, -0.25) is 14.4 Å². The Kier molecular flexibility index (Phi) is 8.95. The number of carbonyl (C=O) groups excluding carboxylic acids is 3. The molecule has 0 bridgehead atoms. The van der Waals surface area contributed by atoms with Crippen molar-refractivity contribution in [1.29, 1.82) is 0 Å². The molecule has 0 spiro atoms. The zero-order valence-electron chi connectivity index (χ0n) is 19.5. The molecule has 34 heavy (non-hydrogen) atoms. The van der Waals surface area contributed by atoms with Crippen LogP contribution in [0.4, 0.5) is 5.69 Å². The number of hydrogen-bond donors (Lipinski definition) is 4. The number of para-hydroxylation sites is 1. The van der Waals surface area contributed by atoms with Crippen molar-refractivity contribution in [3.8, 4) is 5.75 Å². The van der Waals surface area contributed by atoms with Gasteiger partial charge in [0.05, 0.1) is 30.6 Å². The lowest BCUT2D eigenvalue weighted by Gasteiger charge is -2.26. The van der Waals surface area contributed by atoms with Crippen molar-refractivity contribution in [2.45, 2.75) is 48.9 Å². The molecule has 3 amide bonds. The molecule has 0 radical (unpaired) electrons. The maximum Gasteiger partial charge on any atom is 0.248 e. The van der Waals surface area contributed by atoms with E-state index in [2.05, 4.69) is 16.0 Å². The summed E-state index contributed by atoms with van der Waals surface area (Å²) in [5, 5.41) is 17.4. The fourth-order valence-electron chi connectivity index (χ4n) is 3.75. The first-order valence-electron chi connectivity index (χ1n) is 11.3. The first-order valence-corrected chi connectivity index (χ1v) is 12.2. The highest BCUT2D eigenvalue weighted by Crippen LogP contribution is 2.44. The van der Waals surface area contributed by atoms with Gasteiger partial charge < -0.3 is 25.8 Å². The van der Waals surface area contributed by atoms with Crippen molar-refractivity contribution in [1.82, 2.24) is 10.6 Å². The van der Waals surface area contributed by atoms with Crippen molar-refractivity contribution < 1.29 is 24.2 Å². The van der Waals surface area contributed by atoms with E-state index >= 15 is 0 Å². The minimum atomic E-state index is -0.887. The molecule has 4 N–H and O–H groups in total. The van der Waals surface area contributed by atoms with Crippen molar-refractivity contribution >= 4 is 35.2 Å². The van der Waals surface area contributed by atoms with Crippen molar-refractivity contribution in [2.75, 3.05) is 19.0 Å². The minimum Gasteiger partial charge on any atom is -0.497 e. The number of aliphatic hydroxyl groups is 1. The Labute approximate surface area is 203 Å². The number of fused-ring (bicyclic) bond motifs is 1. The van der Waals surface area contributed by atoms with E-state index < -0.39 is 29.2 Å². The average Bonchev–Trinajstić information content (AvgIpc) is 2.98. The van der Waals surface area contributed by atoms with Crippen LogP contribution in [0.3, 0.4) is 0 Å². The monoisotopic (exact) mass is 485 g/mol. The number of methoxy groups -OCH3 is 1. The summed E-state index contributed by atoms with van der Waals surface area (Å²) in [6, 6.07) is 13.1. The number of carbonyl (C=O) groups is 3. The number of rotatable bonds is 9. The van der Waals surface area contributed by atoms with E-state index in [-0.39, 0.29) is 18.4 Å². The van der Waals surface area contributed by atoms with Crippen molar-refractivity contribution in [3.05, 3.63) is 54.1 Å². The average molecular weight is 486 g/mol. The molecule has 9 heteroatoms. The molecular formula is C25H31N3O5S. The number of anilines is 1. The summed E-state index contributed by atoms with van der Waals surface area (Å²) in [5.41, 5.74) is 1.53. The van der Waals surface area contributed by atoms with Gasteiger partial charge in [0.2, 0.25) is 17.7 Å². The first kappa shape index (κ1) is 25.6. The van der Waals surface area contributed by atoms with Gasteiger partial charge >= 0.3 is 0 Å². The van der Waals surface area contributed by atoms with E-state index in [9.17, 15) is 19.5 Å². The summed E-state index contributed by atoms with van der Waals surface area (Å²) in [7, 11) is 1.58. The van der Waals surface area contributed by atoms with E-state index in [1.165, 1.54) is 11.8 Å². The number of amides is 3. The maximum absolute atomic E-state index is 13.2. The third-order valence-corrected chi connectivity index (χ3v) is 7.11. The largest absolute Gasteiger partial charge is 0.497 e. The normalized spacial score (nSPS) is 19.1. The van der Waals surface area contributed by atoms with E-state index in [0.717, 1.165) is 16.9 Å². The molecule has 0 saturated heterocycles. The Morgan fingerprint density at radius 2 is 1.85 bits per heavy atom. The smallest absolute Gasteiger partial charge is 0.248 e. The van der Waals surface area contributed by atoms with Crippen LogP contribution >= 0.6 is 11.8 Å². The van der Waals surface area contributed by atoms with Crippen LogP contribution in [0.5, 0.6) is 5.75 Å². The lowest BCUT2D eigenvalue weighted by molar-refractivity contribution is -0.132. The Hall–Kier alpha value is -3.04. The second-order valence-corrected chi connectivity index (χ2v) is 9.37. The first-order chi connectivity index (χ1) is 16.4. The standard InChI is InChI=1S/C25H31N3O5S/c1-4-7-17(14-29)24(31)26-15(2)23(30)28-21-22(16-10-12-18(33-3)13-11-16)34-20-9-6-5-8-19(20)27-25(21)32/h5-6,8-13,15,17,21-22,29H,4,7,14H2,1-3H3,(H,26,31)(H,27,32)(H,28,30)/t15-,17-,21-,22+/m0/s1. The molecule has 3 rings (SSSR count). The van der Waals surface area contributed by atoms with Gasteiger partial charge in [-0.2, -0.15) is 0 Å². The van der Waals surface area contributed by atoms with E-state index in [0.29, 0.717) is 17.9 Å². The van der Waals surface area contributed by atoms with Crippen molar-refractivity contribution in [2.24, 2.45) is 5.92 Å². The molecule has 2 aromatic rings. The highest BCUT2D eigenvalue weighted by atomic mass is 32.2. The SMILES string of the molecule is CCC[C@@H](CO)C(=O)N[C@@H](C)C(=O)N[C@@H]1C(=O)Nc2ccccc2S[C@@H]1c1ccc(OC)cc1. The Bertz CT molecular complexity index is 1010. The van der Waals surface area contributed by atoms with Gasteiger partial charge in [-0.25, -0.2) is 0 Å². The zero-order chi connectivity index (χ0) is 24.7. The van der Waals surface area contributed by atoms with Gasteiger partial charge in [0.15, 0.2) is 0 Å². The number of ether oxygens (including phenoxy) is 1. The van der Waals surface area contributed by atoms with Crippen LogP contribution in [0.2, 0.25) is 0 Å². The predicted octanol–water partition coefficient (Wildman–Crippen LogP) is 2.88. The molecule has 0 aliphatic carbocycles. The predicted molar refractivity (Wildman–Crippen MR) is 132 cm³/mol. The van der Waals surface area contributed by atoms with Gasteiger partial charge in [0, 0.05) is 4.90 Å². The van der Waals surface area contributed by atoms with E-state index in [4.69, 9.17) is 4.74 Å². The summed E-state index contributed by atoms with van der Waals surface area (Å²) in [6.07, 6.45) is 1.26. The lowest BCUT2D eigenvalue weighted by Crippen LogP contribution is -2.53. The fraction of sp³-hybridized carbons (Fsp3) is 0.400. The summed E-state index contributed by atoms with van der Waals surface area (Å²) in [6.45, 7) is 3.20. The van der Waals surface area contributed by atoms with Crippen LogP contribution in [0.25, 0.3) is 0 Å². The third kappa shape index (κ3) is 6.09. The Morgan fingerprint density at radius 3 is 2.50 bits per heavy atom. The molecule has 2 aromatic carbocycles. The summed E-state index contributed by atoms with van der Waals surface area (Å²) >= 11 is 1.48. The fourth-order valence-corrected chi connectivity index (χ4v) is 5.05. The highest BCUT2D eigenvalue weighted by Gasteiger charge is 2.36. The molecule has 0 saturated carbocycles. The second kappa shape index (κ2) is 11.9. The molecule has 0 fully saturated rings. The van der Waals surface area contributed by atoms with E-state index in [1.54, 1.807) is 14.0 Å². The molecule has 0 aromatic heterocycles. The van der Waals surface area contributed by atoms with Crippen LogP contribution in [-0.2, 0) is 14.4 Å². The number of hydrogen-bond acceptors (Lipinski definition) is 6. The molecular weight excluding hydrogens is 454 g/mol. The van der Waals surface area contributed by atoms with Gasteiger partial charge in [-0.05, 0) is 43.2 Å². The van der Waals surface area contributed by atoms with Gasteiger partial charge in [-0.1, -0.05) is 37.6 Å². The van der Waals surface area contributed by atoms with E-state index in [1.807, 2.05) is 55.5 Å². The van der Waals surface area contributed by atoms with Crippen molar-refractivity contribution in [3.63, 3.8) is 0 Å². The summed E-state index contributed by atoms with van der Waals surface area (Å²) in [4.78, 5) is 39.6. The number of nitrogens with one attached hydrogen (secondary N) is 3. The second-order valence-electron chi connectivity index (χ2n) is 8.18. The highest BCUT2D eigenvalue weighted by molar-refractivity contribution is 7.99. The Morgan fingerprint density at radius 1 is 1.15 bits per heavy atom. The Balaban J connectivity index is 1.83. The minimum absolute atomic E-state index is 0.284. The van der Waals surface area contributed by atoms with Gasteiger partial charge in [-0.15, -0.1) is 11.8 Å². The van der Waals surface area contributed by atoms with Crippen LogP contribution in [0.15, 0.2) is 53.4 Å². The lowest BCUT2D eigenvalue weighted by atomic mass is 10.0. The zero-order valence-corrected chi connectivity index (χ0v) is 20.4. The van der Waals surface area contributed by atoms with Crippen LogP contribution in [0.1, 0.15) is 37.5 Å². The molecule has 4 atom stereocenters. The molecule has 0 unspecified atom stereocenters.